The molecule has 0 radical (unpaired) electrons. The van der Waals surface area contributed by atoms with E-state index in [1.54, 1.807) is 12.4 Å². The third-order valence-corrected chi connectivity index (χ3v) is 3.80. The van der Waals surface area contributed by atoms with Gasteiger partial charge in [0.05, 0.1) is 12.1 Å². The number of aliphatic hydroxyl groups is 1. The quantitative estimate of drug-likeness (QED) is 0.670. The van der Waals surface area contributed by atoms with E-state index in [9.17, 15) is 5.11 Å². The molecule has 3 saturated heterocycles. The van der Waals surface area contributed by atoms with Crippen LogP contribution in [0.2, 0.25) is 0 Å². The Morgan fingerprint density at radius 3 is 2.82 bits per heavy atom. The fourth-order valence-electron chi connectivity index (χ4n) is 2.78. The molecule has 3 heteroatoms. The van der Waals surface area contributed by atoms with E-state index in [0.717, 1.165) is 31.5 Å². The predicted octanol–water partition coefficient (Wildman–Crippen LogP) is 0.888. The van der Waals surface area contributed by atoms with Crippen molar-refractivity contribution in [2.75, 3.05) is 13.1 Å². The van der Waals surface area contributed by atoms with Gasteiger partial charge in [-0.2, -0.15) is 0 Å². The van der Waals surface area contributed by atoms with E-state index in [1.807, 2.05) is 12.1 Å². The SMILES string of the molecule is OC1C2CCN(CC2)C1C#Cc1cccnc1. The fourth-order valence-corrected chi connectivity index (χ4v) is 2.78. The number of fused-ring (bicyclic) bond motifs is 3. The number of aromatic nitrogens is 1. The van der Waals surface area contributed by atoms with Crippen molar-refractivity contribution in [1.29, 1.82) is 0 Å². The Hall–Kier alpha value is -1.37. The zero-order valence-electron chi connectivity index (χ0n) is 9.71. The van der Waals surface area contributed by atoms with E-state index in [0.29, 0.717) is 5.92 Å². The summed E-state index contributed by atoms with van der Waals surface area (Å²) in [5.74, 6) is 6.77. The van der Waals surface area contributed by atoms with Crippen molar-refractivity contribution in [1.82, 2.24) is 9.88 Å². The number of hydrogen-bond donors (Lipinski definition) is 1. The molecule has 4 heterocycles. The molecule has 0 amide bonds. The van der Waals surface area contributed by atoms with E-state index in [4.69, 9.17) is 0 Å². The first-order chi connectivity index (χ1) is 8.34. The van der Waals surface area contributed by atoms with Crippen molar-refractivity contribution >= 4 is 0 Å². The van der Waals surface area contributed by atoms with Crippen LogP contribution in [0.1, 0.15) is 18.4 Å². The highest BCUT2D eigenvalue weighted by atomic mass is 16.3. The Balaban J connectivity index is 1.79. The molecule has 2 atom stereocenters. The molecule has 88 valence electrons. The summed E-state index contributed by atoms with van der Waals surface area (Å²) < 4.78 is 0. The molecule has 3 fully saturated rings. The van der Waals surface area contributed by atoms with Gasteiger partial charge in [0.15, 0.2) is 0 Å². The Morgan fingerprint density at radius 2 is 2.18 bits per heavy atom. The smallest absolute Gasteiger partial charge is 0.0983 e. The largest absolute Gasteiger partial charge is 0.390 e. The first-order valence-electron chi connectivity index (χ1n) is 6.18. The molecule has 17 heavy (non-hydrogen) atoms. The van der Waals surface area contributed by atoms with Crippen LogP contribution in [0.4, 0.5) is 0 Å². The standard InChI is InChI=1S/C14H16N2O/c17-14-12-5-8-16(9-6-12)13(14)4-3-11-2-1-7-15-10-11/h1-2,7,10,12-14,17H,5-6,8-9H2. The lowest BCUT2D eigenvalue weighted by Gasteiger charge is -2.46. The zero-order valence-corrected chi connectivity index (χ0v) is 9.71. The van der Waals surface area contributed by atoms with E-state index >= 15 is 0 Å². The van der Waals surface area contributed by atoms with Gasteiger partial charge in [-0.3, -0.25) is 9.88 Å². The molecule has 1 N–H and O–H groups in total. The van der Waals surface area contributed by atoms with Crippen LogP contribution in [0.25, 0.3) is 0 Å². The van der Waals surface area contributed by atoms with E-state index in [1.165, 1.54) is 0 Å². The summed E-state index contributed by atoms with van der Waals surface area (Å²) in [6, 6.07) is 3.85. The molecule has 0 saturated carbocycles. The lowest BCUT2D eigenvalue weighted by Crippen LogP contribution is -2.57. The highest BCUT2D eigenvalue weighted by Crippen LogP contribution is 2.31. The monoisotopic (exact) mass is 228 g/mol. The second kappa shape index (κ2) is 4.48. The van der Waals surface area contributed by atoms with Crippen molar-refractivity contribution in [3.63, 3.8) is 0 Å². The van der Waals surface area contributed by atoms with Gasteiger partial charge in [0.2, 0.25) is 0 Å². The molecule has 1 aromatic rings. The molecule has 4 rings (SSSR count). The molecule has 2 bridgehead atoms. The average molecular weight is 228 g/mol. The van der Waals surface area contributed by atoms with E-state index < -0.39 is 0 Å². The molecular weight excluding hydrogens is 212 g/mol. The first kappa shape index (κ1) is 10.8. The highest BCUT2D eigenvalue weighted by Gasteiger charge is 2.40. The normalized spacial score (nSPS) is 35.1. The van der Waals surface area contributed by atoms with Crippen molar-refractivity contribution in [3.05, 3.63) is 30.1 Å². The average Bonchev–Trinajstić information content (AvgIpc) is 2.40. The number of aliphatic hydroxyl groups excluding tert-OH is 1. The van der Waals surface area contributed by atoms with Gasteiger partial charge in [-0.1, -0.05) is 11.8 Å². The second-order valence-corrected chi connectivity index (χ2v) is 4.82. The number of piperidine rings is 3. The van der Waals surface area contributed by atoms with Crippen LogP contribution in [0.5, 0.6) is 0 Å². The molecule has 1 aromatic heterocycles. The van der Waals surface area contributed by atoms with Gasteiger partial charge in [0.25, 0.3) is 0 Å². The summed E-state index contributed by atoms with van der Waals surface area (Å²) in [6.45, 7) is 2.15. The highest BCUT2D eigenvalue weighted by molar-refractivity contribution is 5.33. The molecule has 0 aliphatic carbocycles. The Bertz CT molecular complexity index is 438. The molecule has 0 aromatic carbocycles. The maximum Gasteiger partial charge on any atom is 0.0983 e. The van der Waals surface area contributed by atoms with Gasteiger partial charge in [-0.05, 0) is 44.0 Å². The maximum atomic E-state index is 10.2. The second-order valence-electron chi connectivity index (χ2n) is 4.82. The van der Waals surface area contributed by atoms with E-state index in [-0.39, 0.29) is 12.1 Å². The van der Waals surface area contributed by atoms with Gasteiger partial charge < -0.3 is 5.11 Å². The Labute approximate surface area is 101 Å². The summed E-state index contributed by atoms with van der Waals surface area (Å²) in [5, 5.41) is 10.2. The molecule has 0 spiro atoms. The summed E-state index contributed by atoms with van der Waals surface area (Å²) in [7, 11) is 0. The molecule has 3 nitrogen and oxygen atoms in total. The topological polar surface area (TPSA) is 36.4 Å². The van der Waals surface area contributed by atoms with Crippen LogP contribution < -0.4 is 0 Å². The molecule has 2 unspecified atom stereocenters. The van der Waals surface area contributed by atoms with Crippen LogP contribution in [-0.2, 0) is 0 Å². The van der Waals surface area contributed by atoms with Crippen molar-refractivity contribution < 1.29 is 5.11 Å². The van der Waals surface area contributed by atoms with Crippen molar-refractivity contribution in [3.8, 4) is 11.8 Å². The van der Waals surface area contributed by atoms with Crippen LogP contribution >= 0.6 is 0 Å². The lowest BCUT2D eigenvalue weighted by molar-refractivity contribution is -0.0500. The van der Waals surface area contributed by atoms with Crippen LogP contribution in [0, 0.1) is 17.8 Å². The van der Waals surface area contributed by atoms with Crippen LogP contribution in [0.15, 0.2) is 24.5 Å². The van der Waals surface area contributed by atoms with Gasteiger partial charge in [0, 0.05) is 18.0 Å². The van der Waals surface area contributed by atoms with Crippen molar-refractivity contribution in [2.45, 2.75) is 25.0 Å². The van der Waals surface area contributed by atoms with E-state index in [2.05, 4.69) is 21.7 Å². The van der Waals surface area contributed by atoms with Gasteiger partial charge in [-0.15, -0.1) is 0 Å². The molecular formula is C14H16N2O. The maximum absolute atomic E-state index is 10.2. The number of nitrogens with zero attached hydrogens (tertiary/aromatic N) is 2. The number of hydrogen-bond acceptors (Lipinski definition) is 3. The summed E-state index contributed by atoms with van der Waals surface area (Å²) in [4.78, 5) is 6.34. The minimum Gasteiger partial charge on any atom is -0.390 e. The minimum absolute atomic E-state index is 0.0164. The van der Waals surface area contributed by atoms with Gasteiger partial charge >= 0.3 is 0 Å². The fraction of sp³-hybridized carbons (Fsp3) is 0.500. The third-order valence-electron chi connectivity index (χ3n) is 3.80. The number of rotatable bonds is 0. The molecule has 3 aliphatic rings. The van der Waals surface area contributed by atoms with Crippen LogP contribution in [-0.4, -0.2) is 40.2 Å². The van der Waals surface area contributed by atoms with Crippen LogP contribution in [0.3, 0.4) is 0 Å². The Kier molecular flexibility index (Phi) is 2.84. The Morgan fingerprint density at radius 1 is 1.35 bits per heavy atom. The predicted molar refractivity (Wildman–Crippen MR) is 65.2 cm³/mol. The van der Waals surface area contributed by atoms with Gasteiger partial charge in [0.1, 0.15) is 0 Å². The summed E-state index contributed by atoms with van der Waals surface area (Å²) in [5.41, 5.74) is 0.919. The first-order valence-corrected chi connectivity index (χ1v) is 6.18. The minimum atomic E-state index is -0.276. The molecule has 3 aliphatic heterocycles. The van der Waals surface area contributed by atoms with Gasteiger partial charge in [-0.25, -0.2) is 0 Å². The third kappa shape index (κ3) is 2.06. The van der Waals surface area contributed by atoms with Crippen molar-refractivity contribution in [2.24, 2.45) is 5.92 Å². The lowest BCUT2D eigenvalue weighted by atomic mass is 9.81. The summed E-state index contributed by atoms with van der Waals surface area (Å²) >= 11 is 0. The summed E-state index contributed by atoms with van der Waals surface area (Å²) in [6.07, 6.45) is 5.46. The number of pyridine rings is 1. The zero-order chi connectivity index (χ0) is 11.7.